The summed E-state index contributed by atoms with van der Waals surface area (Å²) in [5.41, 5.74) is 0.786. The van der Waals surface area contributed by atoms with Crippen molar-refractivity contribution in [2.45, 2.75) is 13.0 Å². The number of rotatable bonds is 6. The molecule has 1 aromatic carbocycles. The summed E-state index contributed by atoms with van der Waals surface area (Å²) in [7, 11) is -0.586. The van der Waals surface area contributed by atoms with Gasteiger partial charge in [0.2, 0.25) is 5.91 Å². The molecule has 19 heavy (non-hydrogen) atoms. The number of hydrogen-bond donors (Lipinski definition) is 1. The van der Waals surface area contributed by atoms with Gasteiger partial charge in [-0.25, -0.2) is 0 Å². The lowest BCUT2D eigenvalue weighted by atomic mass is 10.1. The highest BCUT2D eigenvalue weighted by molar-refractivity contribution is 7.53. The summed E-state index contributed by atoms with van der Waals surface area (Å²) in [5.74, 6) is -0.223. The minimum Gasteiger partial charge on any atom is -0.349 e. The molecule has 0 bridgehead atoms. The Hall–Kier alpha value is -0.870. The molecule has 1 atom stereocenters. The highest BCUT2D eigenvalue weighted by atomic mass is 35.5. The molecule has 1 N–H and O–H groups in total. The summed E-state index contributed by atoms with van der Waals surface area (Å²) in [6.45, 7) is 1.40. The third-order valence-corrected chi connectivity index (χ3v) is 4.79. The molecular formula is C12H17ClNO4P. The molecule has 0 saturated heterocycles. The van der Waals surface area contributed by atoms with Gasteiger partial charge in [-0.2, -0.15) is 0 Å². The van der Waals surface area contributed by atoms with Gasteiger partial charge in [0, 0.05) is 26.2 Å². The largest absolute Gasteiger partial charge is 0.349 e. The van der Waals surface area contributed by atoms with Gasteiger partial charge in [0.05, 0.1) is 12.2 Å². The maximum Gasteiger partial charge on any atom is 0.332 e. The Morgan fingerprint density at radius 3 is 2.26 bits per heavy atom. The fourth-order valence-electron chi connectivity index (χ4n) is 1.62. The summed E-state index contributed by atoms with van der Waals surface area (Å²) in [5, 5.41) is 3.32. The molecule has 0 unspecified atom stereocenters. The standard InChI is InChI=1S/C12H17ClNO4P/c1-9(15)14-12(8-19(16,17-2)18-3)10-4-6-11(13)7-5-10/h4-7,12H,8H2,1-3H3,(H,14,15)/t12-/m0/s1. The lowest BCUT2D eigenvalue weighted by Crippen LogP contribution is -2.29. The topological polar surface area (TPSA) is 64.6 Å². The molecule has 5 nitrogen and oxygen atoms in total. The number of nitrogens with one attached hydrogen (secondary N) is 1. The SMILES string of the molecule is COP(=O)(C[C@H](NC(C)=O)c1ccc(Cl)cc1)OC. The van der Waals surface area contributed by atoms with Crippen LogP contribution in [0.4, 0.5) is 0 Å². The van der Waals surface area contributed by atoms with Crippen LogP contribution in [0.3, 0.4) is 0 Å². The van der Waals surface area contributed by atoms with Gasteiger partial charge in [-0.3, -0.25) is 9.36 Å². The van der Waals surface area contributed by atoms with E-state index in [-0.39, 0.29) is 12.1 Å². The molecule has 0 aliphatic heterocycles. The average molecular weight is 306 g/mol. The summed E-state index contributed by atoms with van der Waals surface area (Å²) >= 11 is 5.82. The first-order chi connectivity index (χ1) is 8.90. The first kappa shape index (κ1) is 16.2. The number of halogens is 1. The molecule has 0 spiro atoms. The van der Waals surface area contributed by atoms with Gasteiger partial charge in [-0.1, -0.05) is 23.7 Å². The average Bonchev–Trinajstić information content (AvgIpc) is 2.38. The number of carbonyl (C=O) groups is 1. The maximum absolute atomic E-state index is 12.2. The first-order valence-corrected chi connectivity index (χ1v) is 7.74. The van der Waals surface area contributed by atoms with Crippen LogP contribution in [0.2, 0.25) is 5.02 Å². The summed E-state index contributed by atoms with van der Waals surface area (Å²) in [4.78, 5) is 11.2. The van der Waals surface area contributed by atoms with E-state index in [4.69, 9.17) is 20.6 Å². The van der Waals surface area contributed by atoms with Crippen LogP contribution in [0.15, 0.2) is 24.3 Å². The molecule has 0 aliphatic rings. The zero-order valence-electron chi connectivity index (χ0n) is 11.1. The van der Waals surface area contributed by atoms with E-state index in [0.29, 0.717) is 5.02 Å². The Morgan fingerprint density at radius 1 is 1.32 bits per heavy atom. The van der Waals surface area contributed by atoms with Crippen LogP contribution >= 0.6 is 19.2 Å². The Kier molecular flexibility index (Phi) is 6.01. The van der Waals surface area contributed by atoms with E-state index in [9.17, 15) is 9.36 Å². The van der Waals surface area contributed by atoms with E-state index in [2.05, 4.69) is 5.32 Å². The van der Waals surface area contributed by atoms with E-state index < -0.39 is 13.6 Å². The Labute approximate surface area is 117 Å². The van der Waals surface area contributed by atoms with E-state index in [1.807, 2.05) is 0 Å². The highest BCUT2D eigenvalue weighted by Gasteiger charge is 2.28. The molecule has 0 fully saturated rings. The number of amides is 1. The van der Waals surface area contributed by atoms with Crippen molar-refractivity contribution >= 4 is 25.1 Å². The second-order valence-electron chi connectivity index (χ2n) is 3.96. The highest BCUT2D eigenvalue weighted by Crippen LogP contribution is 2.49. The first-order valence-electron chi connectivity index (χ1n) is 5.63. The van der Waals surface area contributed by atoms with E-state index in [0.717, 1.165) is 5.56 Å². The van der Waals surface area contributed by atoms with Crippen LogP contribution in [0.1, 0.15) is 18.5 Å². The lowest BCUT2D eigenvalue weighted by molar-refractivity contribution is -0.119. The van der Waals surface area contributed by atoms with Gasteiger partial charge in [0.25, 0.3) is 0 Å². The smallest absolute Gasteiger partial charge is 0.332 e. The van der Waals surface area contributed by atoms with Crippen LogP contribution in [0.25, 0.3) is 0 Å². The Morgan fingerprint density at radius 2 is 1.84 bits per heavy atom. The van der Waals surface area contributed by atoms with Crippen LogP contribution in [0, 0.1) is 0 Å². The zero-order valence-corrected chi connectivity index (χ0v) is 12.7. The number of benzene rings is 1. The van der Waals surface area contributed by atoms with Crippen molar-refractivity contribution in [2.75, 3.05) is 20.4 Å². The lowest BCUT2D eigenvalue weighted by Gasteiger charge is -2.22. The van der Waals surface area contributed by atoms with E-state index >= 15 is 0 Å². The third-order valence-electron chi connectivity index (χ3n) is 2.61. The molecule has 1 rings (SSSR count). The van der Waals surface area contributed by atoms with Crippen molar-refractivity contribution in [1.29, 1.82) is 0 Å². The predicted molar refractivity (Wildman–Crippen MR) is 74.5 cm³/mol. The van der Waals surface area contributed by atoms with Gasteiger partial charge in [0.1, 0.15) is 0 Å². The second kappa shape index (κ2) is 7.06. The zero-order chi connectivity index (χ0) is 14.5. The molecular weight excluding hydrogens is 289 g/mol. The molecule has 106 valence electrons. The number of hydrogen-bond acceptors (Lipinski definition) is 4. The van der Waals surface area contributed by atoms with Gasteiger partial charge in [-0.05, 0) is 17.7 Å². The van der Waals surface area contributed by atoms with Gasteiger partial charge < -0.3 is 14.4 Å². The molecule has 1 aromatic rings. The third kappa shape index (κ3) is 4.96. The molecule has 0 aliphatic carbocycles. The fourth-order valence-corrected chi connectivity index (χ4v) is 2.94. The number of carbonyl (C=O) groups excluding carboxylic acids is 1. The predicted octanol–water partition coefficient (Wildman–Crippen LogP) is 3.00. The molecule has 0 aromatic heterocycles. The van der Waals surface area contributed by atoms with Gasteiger partial charge in [-0.15, -0.1) is 0 Å². The van der Waals surface area contributed by atoms with Crippen LogP contribution in [-0.2, 0) is 18.4 Å². The van der Waals surface area contributed by atoms with Crippen molar-refractivity contribution in [3.63, 3.8) is 0 Å². The summed E-state index contributed by atoms with van der Waals surface area (Å²) in [6, 6.07) is 6.48. The monoisotopic (exact) mass is 305 g/mol. The minimum atomic E-state index is -3.22. The van der Waals surface area contributed by atoms with Gasteiger partial charge >= 0.3 is 7.60 Å². The van der Waals surface area contributed by atoms with Crippen molar-refractivity contribution in [3.05, 3.63) is 34.9 Å². The molecule has 0 radical (unpaired) electrons. The minimum absolute atomic E-state index is 0.0568. The van der Waals surface area contributed by atoms with Crippen molar-refractivity contribution in [3.8, 4) is 0 Å². The van der Waals surface area contributed by atoms with Gasteiger partial charge in [0.15, 0.2) is 0 Å². The molecule has 0 saturated carbocycles. The maximum atomic E-state index is 12.2. The van der Waals surface area contributed by atoms with E-state index in [1.54, 1.807) is 24.3 Å². The van der Waals surface area contributed by atoms with Crippen molar-refractivity contribution < 1.29 is 18.4 Å². The molecule has 0 heterocycles. The van der Waals surface area contributed by atoms with Crippen LogP contribution in [-0.4, -0.2) is 26.3 Å². The van der Waals surface area contributed by atoms with Crippen LogP contribution < -0.4 is 5.32 Å². The Bertz CT molecular complexity index is 469. The Balaban J connectivity index is 2.98. The van der Waals surface area contributed by atoms with E-state index in [1.165, 1.54) is 21.1 Å². The van der Waals surface area contributed by atoms with Crippen molar-refractivity contribution in [2.24, 2.45) is 0 Å². The molecule has 1 amide bonds. The fraction of sp³-hybridized carbons (Fsp3) is 0.417. The second-order valence-corrected chi connectivity index (χ2v) is 6.72. The quantitative estimate of drug-likeness (QED) is 0.821. The summed E-state index contributed by atoms with van der Waals surface area (Å²) < 4.78 is 22.0. The van der Waals surface area contributed by atoms with Crippen molar-refractivity contribution in [1.82, 2.24) is 5.32 Å². The molecule has 7 heteroatoms. The normalized spacial score (nSPS) is 13.1. The van der Waals surface area contributed by atoms with Crippen LogP contribution in [0.5, 0.6) is 0 Å². The summed E-state index contributed by atoms with van der Waals surface area (Å²) in [6.07, 6.45) is 0.0568.